The summed E-state index contributed by atoms with van der Waals surface area (Å²) in [6.45, 7) is 0. The summed E-state index contributed by atoms with van der Waals surface area (Å²) in [5, 5.41) is 8.33. The number of amides is 1. The second-order valence-electron chi connectivity index (χ2n) is 8.54. The summed E-state index contributed by atoms with van der Waals surface area (Å²) >= 11 is 0. The monoisotopic (exact) mass is 472 g/mol. The van der Waals surface area contributed by atoms with Crippen LogP contribution in [0, 0.1) is 0 Å². The molecule has 0 radical (unpaired) electrons. The first-order valence-electron chi connectivity index (χ1n) is 11.7. The van der Waals surface area contributed by atoms with E-state index in [1.807, 2.05) is 47.1 Å². The number of anilines is 1. The van der Waals surface area contributed by atoms with Gasteiger partial charge in [-0.15, -0.1) is 0 Å². The SMILES string of the molecule is COc1cc(-c2cc(C(=O)Nc3ccnn3C3CCCC3)c3ccccc3n2)cc(OC)c1OC. The first kappa shape index (κ1) is 22.7. The average molecular weight is 473 g/mol. The molecule has 0 atom stereocenters. The molecule has 8 heteroatoms. The van der Waals surface area contributed by atoms with E-state index < -0.39 is 0 Å². The maximum Gasteiger partial charge on any atom is 0.257 e. The fourth-order valence-corrected chi connectivity index (χ4v) is 4.78. The third-order valence-electron chi connectivity index (χ3n) is 6.50. The second-order valence-corrected chi connectivity index (χ2v) is 8.54. The summed E-state index contributed by atoms with van der Waals surface area (Å²) in [7, 11) is 4.70. The van der Waals surface area contributed by atoms with E-state index in [-0.39, 0.29) is 5.91 Å². The maximum absolute atomic E-state index is 13.6. The molecule has 0 aliphatic heterocycles. The van der Waals surface area contributed by atoms with Gasteiger partial charge in [0, 0.05) is 17.0 Å². The fraction of sp³-hybridized carbons (Fsp3) is 0.296. The molecule has 2 aromatic heterocycles. The minimum atomic E-state index is -0.211. The number of ether oxygens (including phenoxy) is 3. The molecule has 2 heterocycles. The van der Waals surface area contributed by atoms with Gasteiger partial charge in [0.25, 0.3) is 5.91 Å². The Balaban J connectivity index is 1.58. The molecule has 1 amide bonds. The summed E-state index contributed by atoms with van der Waals surface area (Å²) < 4.78 is 18.4. The molecule has 4 aromatic rings. The van der Waals surface area contributed by atoms with Crippen LogP contribution >= 0.6 is 0 Å². The van der Waals surface area contributed by atoms with Crippen LogP contribution in [0.4, 0.5) is 5.82 Å². The van der Waals surface area contributed by atoms with E-state index in [0.717, 1.165) is 23.8 Å². The van der Waals surface area contributed by atoms with Crippen molar-refractivity contribution >= 4 is 22.6 Å². The van der Waals surface area contributed by atoms with E-state index in [2.05, 4.69) is 10.4 Å². The molecule has 1 aliphatic rings. The number of carbonyl (C=O) groups is 1. The average Bonchev–Trinajstić information content (AvgIpc) is 3.59. The van der Waals surface area contributed by atoms with Gasteiger partial charge in [-0.05, 0) is 37.1 Å². The lowest BCUT2D eigenvalue weighted by Crippen LogP contribution is -2.18. The van der Waals surface area contributed by atoms with Crippen LogP contribution in [0.3, 0.4) is 0 Å². The normalized spacial score (nSPS) is 13.7. The molecule has 1 fully saturated rings. The third-order valence-corrected chi connectivity index (χ3v) is 6.50. The highest BCUT2D eigenvalue weighted by Crippen LogP contribution is 2.41. The van der Waals surface area contributed by atoms with Gasteiger partial charge in [0.2, 0.25) is 5.75 Å². The van der Waals surface area contributed by atoms with Gasteiger partial charge in [-0.25, -0.2) is 9.67 Å². The van der Waals surface area contributed by atoms with E-state index in [0.29, 0.717) is 45.9 Å². The van der Waals surface area contributed by atoms with Crippen LogP contribution in [0.2, 0.25) is 0 Å². The minimum Gasteiger partial charge on any atom is -0.493 e. The number of methoxy groups -OCH3 is 3. The number of carbonyl (C=O) groups excluding carboxylic acids is 1. The topological polar surface area (TPSA) is 87.5 Å². The number of hydrogen-bond acceptors (Lipinski definition) is 6. The van der Waals surface area contributed by atoms with Crippen LogP contribution in [0.25, 0.3) is 22.2 Å². The zero-order valence-electron chi connectivity index (χ0n) is 20.1. The molecule has 1 saturated carbocycles. The Kier molecular flexibility index (Phi) is 6.27. The molecule has 5 rings (SSSR count). The van der Waals surface area contributed by atoms with Crippen LogP contribution in [-0.2, 0) is 0 Å². The number of para-hydroxylation sites is 1. The van der Waals surface area contributed by atoms with Gasteiger partial charge in [0.05, 0.1) is 50.3 Å². The van der Waals surface area contributed by atoms with Crippen molar-refractivity contribution in [2.75, 3.05) is 26.6 Å². The summed E-state index contributed by atoms with van der Waals surface area (Å²) in [4.78, 5) is 18.4. The van der Waals surface area contributed by atoms with Gasteiger partial charge < -0.3 is 19.5 Å². The highest BCUT2D eigenvalue weighted by molar-refractivity contribution is 6.12. The second kappa shape index (κ2) is 9.66. The van der Waals surface area contributed by atoms with Gasteiger partial charge in [-0.2, -0.15) is 5.10 Å². The zero-order valence-corrected chi connectivity index (χ0v) is 20.1. The first-order chi connectivity index (χ1) is 17.1. The van der Waals surface area contributed by atoms with Crippen molar-refractivity contribution in [2.24, 2.45) is 0 Å². The lowest BCUT2D eigenvalue weighted by atomic mass is 10.0. The van der Waals surface area contributed by atoms with Crippen LogP contribution in [0.15, 0.2) is 54.7 Å². The molecule has 1 N–H and O–H groups in total. The molecule has 35 heavy (non-hydrogen) atoms. The van der Waals surface area contributed by atoms with Crippen LogP contribution in [0.5, 0.6) is 17.2 Å². The summed E-state index contributed by atoms with van der Waals surface area (Å²) in [5.41, 5.74) is 2.61. The van der Waals surface area contributed by atoms with Crippen LogP contribution < -0.4 is 19.5 Å². The highest BCUT2D eigenvalue weighted by atomic mass is 16.5. The highest BCUT2D eigenvalue weighted by Gasteiger charge is 2.22. The van der Waals surface area contributed by atoms with Gasteiger partial charge >= 0.3 is 0 Å². The molecule has 0 saturated heterocycles. The van der Waals surface area contributed by atoms with E-state index in [1.165, 1.54) is 12.8 Å². The Labute approximate surface area is 203 Å². The van der Waals surface area contributed by atoms with Crippen molar-refractivity contribution in [2.45, 2.75) is 31.7 Å². The van der Waals surface area contributed by atoms with Crippen molar-refractivity contribution in [3.63, 3.8) is 0 Å². The molecular formula is C27H28N4O4. The number of fused-ring (bicyclic) bond motifs is 1. The Hall–Kier alpha value is -4.07. The lowest BCUT2D eigenvalue weighted by molar-refractivity contribution is 0.102. The van der Waals surface area contributed by atoms with Gasteiger partial charge in [0.1, 0.15) is 5.82 Å². The lowest BCUT2D eigenvalue weighted by Gasteiger charge is -2.16. The number of aromatic nitrogens is 3. The summed E-state index contributed by atoms with van der Waals surface area (Å²) in [5.74, 6) is 2.03. The van der Waals surface area contributed by atoms with Crippen LogP contribution in [0.1, 0.15) is 42.1 Å². The summed E-state index contributed by atoms with van der Waals surface area (Å²) in [6.07, 6.45) is 6.26. The van der Waals surface area contributed by atoms with Crippen molar-refractivity contribution in [3.8, 4) is 28.5 Å². The van der Waals surface area contributed by atoms with Crippen molar-refractivity contribution in [1.82, 2.24) is 14.8 Å². The van der Waals surface area contributed by atoms with E-state index in [1.54, 1.807) is 33.6 Å². The quantitative estimate of drug-likeness (QED) is 0.383. The Morgan fingerprint density at radius 1 is 0.971 bits per heavy atom. The molecule has 0 unspecified atom stereocenters. The smallest absolute Gasteiger partial charge is 0.257 e. The molecule has 180 valence electrons. The minimum absolute atomic E-state index is 0.211. The van der Waals surface area contributed by atoms with Gasteiger partial charge in [-0.3, -0.25) is 4.79 Å². The van der Waals surface area contributed by atoms with E-state index >= 15 is 0 Å². The summed E-state index contributed by atoms with van der Waals surface area (Å²) in [6, 6.07) is 15.2. The Bertz CT molecular complexity index is 1350. The number of hydrogen-bond donors (Lipinski definition) is 1. The predicted octanol–water partition coefficient (Wildman–Crippen LogP) is 5.49. The number of pyridine rings is 1. The zero-order chi connectivity index (χ0) is 24.4. The van der Waals surface area contributed by atoms with E-state index in [4.69, 9.17) is 19.2 Å². The van der Waals surface area contributed by atoms with Crippen molar-refractivity contribution in [1.29, 1.82) is 0 Å². The number of rotatable bonds is 7. The number of benzene rings is 2. The maximum atomic E-state index is 13.6. The fourth-order valence-electron chi connectivity index (χ4n) is 4.78. The van der Waals surface area contributed by atoms with E-state index in [9.17, 15) is 4.79 Å². The molecule has 0 spiro atoms. The number of nitrogens with zero attached hydrogens (tertiary/aromatic N) is 3. The Morgan fingerprint density at radius 2 is 1.69 bits per heavy atom. The Morgan fingerprint density at radius 3 is 2.37 bits per heavy atom. The third kappa shape index (κ3) is 4.27. The first-order valence-corrected chi connectivity index (χ1v) is 11.7. The van der Waals surface area contributed by atoms with Gasteiger partial charge in [0.15, 0.2) is 11.5 Å². The standard InChI is InChI=1S/C27H28N4O4/c1-33-23-14-17(15-24(34-2)26(23)35-3)22-16-20(19-10-6-7-11-21(19)29-22)27(32)30-25-12-13-28-31(25)18-8-4-5-9-18/h6-7,10-16,18H,4-5,8-9H2,1-3H3,(H,30,32). The largest absolute Gasteiger partial charge is 0.493 e. The number of nitrogens with one attached hydrogen (secondary N) is 1. The molecular weight excluding hydrogens is 444 g/mol. The van der Waals surface area contributed by atoms with Crippen molar-refractivity contribution < 1.29 is 19.0 Å². The van der Waals surface area contributed by atoms with Gasteiger partial charge in [-0.1, -0.05) is 31.0 Å². The molecule has 1 aliphatic carbocycles. The molecule has 8 nitrogen and oxygen atoms in total. The molecule has 2 aromatic carbocycles. The van der Waals surface area contributed by atoms with Crippen molar-refractivity contribution in [3.05, 3.63) is 60.3 Å². The molecule has 0 bridgehead atoms. The van der Waals surface area contributed by atoms with Crippen LogP contribution in [-0.4, -0.2) is 42.0 Å². The predicted molar refractivity (Wildman–Crippen MR) is 135 cm³/mol.